The number of aliphatic hydroxyl groups excluding tert-OH is 1. The molecule has 0 radical (unpaired) electrons. The van der Waals surface area contributed by atoms with Crippen molar-refractivity contribution in [2.75, 3.05) is 19.7 Å². The van der Waals surface area contributed by atoms with Crippen molar-refractivity contribution in [3.63, 3.8) is 0 Å². The number of rotatable bonds is 7. The molecule has 1 N–H and O–H groups in total. The maximum Gasteiger partial charge on any atom is 0.138 e. The van der Waals surface area contributed by atoms with Crippen LogP contribution in [-0.4, -0.2) is 41.8 Å². The fraction of sp³-hybridized carbons (Fsp3) is 0.500. The summed E-state index contributed by atoms with van der Waals surface area (Å²) >= 11 is 11.8. The van der Waals surface area contributed by atoms with Crippen molar-refractivity contribution in [3.05, 3.63) is 28.2 Å². The van der Waals surface area contributed by atoms with Gasteiger partial charge >= 0.3 is 0 Å². The van der Waals surface area contributed by atoms with Crippen LogP contribution in [0.2, 0.25) is 10.0 Å². The quantitative estimate of drug-likeness (QED) is 0.786. The second-order valence-corrected chi connectivity index (χ2v) is 5.56. The van der Waals surface area contributed by atoms with Gasteiger partial charge in [0.1, 0.15) is 18.5 Å². The summed E-state index contributed by atoms with van der Waals surface area (Å²) in [6, 6.07) is 7.18. The zero-order chi connectivity index (χ0) is 15.1. The van der Waals surface area contributed by atoms with Gasteiger partial charge in [-0.1, -0.05) is 23.2 Å². The largest absolute Gasteiger partial charge is 0.489 e. The predicted octanol–water partition coefficient (Wildman–Crippen LogP) is 2.97. The highest BCUT2D eigenvalue weighted by Gasteiger charge is 2.15. The molecule has 110 valence electrons. The molecule has 0 heterocycles. The number of hydrogen-bond acceptors (Lipinski definition) is 4. The molecule has 0 bridgehead atoms. The van der Waals surface area contributed by atoms with Gasteiger partial charge in [0.25, 0.3) is 0 Å². The van der Waals surface area contributed by atoms with Crippen LogP contribution in [0.4, 0.5) is 0 Å². The van der Waals surface area contributed by atoms with Gasteiger partial charge in [-0.15, -0.1) is 0 Å². The predicted molar refractivity (Wildman–Crippen MR) is 80.3 cm³/mol. The fourth-order valence-corrected chi connectivity index (χ4v) is 2.11. The van der Waals surface area contributed by atoms with Crippen LogP contribution < -0.4 is 4.74 Å². The van der Waals surface area contributed by atoms with Gasteiger partial charge in [0.05, 0.1) is 17.6 Å². The molecule has 0 aliphatic heterocycles. The first-order chi connectivity index (χ1) is 9.43. The summed E-state index contributed by atoms with van der Waals surface area (Å²) in [4.78, 5) is 1.87. The lowest BCUT2D eigenvalue weighted by Crippen LogP contribution is -2.40. The van der Waals surface area contributed by atoms with Crippen LogP contribution in [0.15, 0.2) is 18.2 Å². The monoisotopic (exact) mass is 316 g/mol. The summed E-state index contributed by atoms with van der Waals surface area (Å²) in [5.41, 5.74) is 0. The Morgan fingerprint density at radius 3 is 2.65 bits per heavy atom. The highest BCUT2D eigenvalue weighted by molar-refractivity contribution is 6.35. The second kappa shape index (κ2) is 8.33. The van der Waals surface area contributed by atoms with E-state index < -0.39 is 6.10 Å². The maximum atomic E-state index is 9.96. The van der Waals surface area contributed by atoms with Crippen LogP contribution in [0, 0.1) is 11.3 Å². The smallest absolute Gasteiger partial charge is 0.138 e. The number of hydrogen-bond donors (Lipinski definition) is 1. The third kappa shape index (κ3) is 5.56. The van der Waals surface area contributed by atoms with Gasteiger partial charge in [-0.25, -0.2) is 0 Å². The summed E-state index contributed by atoms with van der Waals surface area (Å²) in [6.07, 6.45) is -0.697. The molecule has 1 unspecified atom stereocenters. The normalized spacial score (nSPS) is 12.5. The molecule has 0 aliphatic carbocycles. The van der Waals surface area contributed by atoms with E-state index in [1.165, 1.54) is 0 Å². The minimum atomic E-state index is -0.697. The molecular weight excluding hydrogens is 299 g/mol. The molecule has 6 heteroatoms. The van der Waals surface area contributed by atoms with E-state index in [4.69, 9.17) is 33.2 Å². The molecule has 1 rings (SSSR count). The Balaban J connectivity index is 2.50. The first kappa shape index (κ1) is 17.1. The van der Waals surface area contributed by atoms with Gasteiger partial charge in [-0.3, -0.25) is 4.90 Å². The minimum absolute atomic E-state index is 0.107. The second-order valence-electron chi connectivity index (χ2n) is 4.72. The maximum absolute atomic E-state index is 9.96. The van der Waals surface area contributed by atoms with Crippen molar-refractivity contribution < 1.29 is 9.84 Å². The number of aliphatic hydroxyl groups is 1. The van der Waals surface area contributed by atoms with Crippen molar-refractivity contribution in [1.82, 2.24) is 4.90 Å². The Kier molecular flexibility index (Phi) is 7.11. The van der Waals surface area contributed by atoms with Crippen LogP contribution >= 0.6 is 23.2 Å². The van der Waals surface area contributed by atoms with Gasteiger partial charge < -0.3 is 9.84 Å². The van der Waals surface area contributed by atoms with E-state index in [1.54, 1.807) is 18.2 Å². The van der Waals surface area contributed by atoms with Gasteiger partial charge in [-0.2, -0.15) is 5.26 Å². The molecule has 0 aromatic heterocycles. The van der Waals surface area contributed by atoms with Crippen LogP contribution in [0.5, 0.6) is 5.75 Å². The molecule has 0 amide bonds. The van der Waals surface area contributed by atoms with Crippen molar-refractivity contribution in [3.8, 4) is 11.8 Å². The standard InChI is InChI=1S/C14H18Cl2N2O2/c1-10(2)18(6-5-17)8-12(19)9-20-14-4-3-11(15)7-13(14)16/h3-4,7,10,12,19H,6,8-9H2,1-2H3. The summed E-state index contributed by atoms with van der Waals surface area (Å²) < 4.78 is 5.46. The average Bonchev–Trinajstić information content (AvgIpc) is 2.37. The SMILES string of the molecule is CC(C)N(CC#N)CC(O)COc1ccc(Cl)cc1Cl. The summed E-state index contributed by atoms with van der Waals surface area (Å²) in [5, 5.41) is 19.6. The Labute approximate surface area is 129 Å². The molecule has 0 aliphatic rings. The lowest BCUT2D eigenvalue weighted by molar-refractivity contribution is 0.0629. The number of benzene rings is 1. The summed E-state index contributed by atoms with van der Waals surface area (Å²) in [5.74, 6) is 0.478. The van der Waals surface area contributed by atoms with Crippen molar-refractivity contribution >= 4 is 23.2 Å². The van der Waals surface area contributed by atoms with Gasteiger partial charge in [-0.05, 0) is 32.0 Å². The van der Waals surface area contributed by atoms with Crippen LogP contribution in [-0.2, 0) is 0 Å². The lowest BCUT2D eigenvalue weighted by Gasteiger charge is -2.26. The molecule has 1 aromatic rings. The third-order valence-corrected chi connectivity index (χ3v) is 3.30. The van der Waals surface area contributed by atoms with E-state index >= 15 is 0 Å². The number of halogens is 2. The van der Waals surface area contributed by atoms with Crippen molar-refractivity contribution in [1.29, 1.82) is 5.26 Å². The zero-order valence-electron chi connectivity index (χ0n) is 11.5. The highest BCUT2D eigenvalue weighted by Crippen LogP contribution is 2.27. The molecule has 4 nitrogen and oxygen atoms in total. The van der Waals surface area contributed by atoms with Gasteiger partial charge in [0, 0.05) is 17.6 Å². The zero-order valence-corrected chi connectivity index (χ0v) is 13.0. The van der Waals surface area contributed by atoms with Crippen molar-refractivity contribution in [2.45, 2.75) is 26.0 Å². The molecule has 0 saturated heterocycles. The Morgan fingerprint density at radius 2 is 2.10 bits per heavy atom. The molecule has 0 saturated carbocycles. The molecule has 1 atom stereocenters. The first-order valence-corrected chi connectivity index (χ1v) is 7.06. The molecule has 1 aromatic carbocycles. The molecule has 20 heavy (non-hydrogen) atoms. The van der Waals surface area contributed by atoms with Gasteiger partial charge in [0.15, 0.2) is 0 Å². The number of ether oxygens (including phenoxy) is 1. The summed E-state index contributed by atoms with van der Waals surface area (Å²) in [7, 11) is 0. The molecule has 0 spiro atoms. The fourth-order valence-electron chi connectivity index (χ4n) is 1.65. The van der Waals surface area contributed by atoms with Crippen LogP contribution in [0.25, 0.3) is 0 Å². The number of nitriles is 1. The Bertz CT molecular complexity index is 475. The summed E-state index contributed by atoms with van der Waals surface area (Å²) in [6.45, 7) is 4.70. The van der Waals surface area contributed by atoms with Crippen LogP contribution in [0.3, 0.4) is 0 Å². The minimum Gasteiger partial charge on any atom is -0.489 e. The topological polar surface area (TPSA) is 56.5 Å². The van der Waals surface area contributed by atoms with E-state index in [0.717, 1.165) is 0 Å². The average molecular weight is 317 g/mol. The third-order valence-electron chi connectivity index (χ3n) is 2.77. The molecule has 0 fully saturated rings. The number of nitrogens with zero attached hydrogens (tertiary/aromatic N) is 2. The van der Waals surface area contributed by atoms with E-state index in [2.05, 4.69) is 6.07 Å². The molecular formula is C14H18Cl2N2O2. The first-order valence-electron chi connectivity index (χ1n) is 6.31. The van der Waals surface area contributed by atoms with E-state index in [1.807, 2.05) is 18.7 Å². The van der Waals surface area contributed by atoms with Gasteiger partial charge in [0.2, 0.25) is 0 Å². The highest BCUT2D eigenvalue weighted by atomic mass is 35.5. The van der Waals surface area contributed by atoms with E-state index in [-0.39, 0.29) is 19.2 Å². The van der Waals surface area contributed by atoms with Crippen molar-refractivity contribution in [2.24, 2.45) is 0 Å². The Hall–Kier alpha value is -0.990. The Morgan fingerprint density at radius 1 is 1.40 bits per heavy atom. The van der Waals surface area contributed by atoms with Crippen LogP contribution in [0.1, 0.15) is 13.8 Å². The lowest BCUT2D eigenvalue weighted by atomic mass is 10.2. The van der Waals surface area contributed by atoms with E-state index in [9.17, 15) is 5.11 Å². The van der Waals surface area contributed by atoms with E-state index in [0.29, 0.717) is 22.3 Å².